The second kappa shape index (κ2) is 5.77. The van der Waals surface area contributed by atoms with Crippen LogP contribution in [0.4, 0.5) is 0 Å². The lowest BCUT2D eigenvalue weighted by molar-refractivity contribution is 0.512. The molecule has 2 nitrogen and oxygen atoms in total. The zero-order chi connectivity index (χ0) is 16.8. The lowest BCUT2D eigenvalue weighted by Gasteiger charge is -2.23. The highest BCUT2D eigenvalue weighted by Gasteiger charge is 2.22. The van der Waals surface area contributed by atoms with E-state index in [1.54, 1.807) is 0 Å². The number of hydrogen-bond acceptors (Lipinski definition) is 2. The van der Waals surface area contributed by atoms with Gasteiger partial charge in [-0.15, -0.1) is 0 Å². The number of hydrogen-bond donors (Lipinski definition) is 0. The third-order valence-corrected chi connectivity index (χ3v) is 5.89. The molecule has 0 N–H and O–H groups in total. The molecule has 0 radical (unpaired) electrons. The lowest BCUT2D eigenvalue weighted by atomic mass is 9.81. The summed E-state index contributed by atoms with van der Waals surface area (Å²) in [7, 11) is 0. The van der Waals surface area contributed by atoms with Crippen LogP contribution in [0.3, 0.4) is 0 Å². The average molecular weight is 327 g/mol. The molecule has 0 aromatic carbocycles. The molecule has 2 heteroatoms. The first-order valence-electron chi connectivity index (χ1n) is 9.39. The van der Waals surface area contributed by atoms with Crippen molar-refractivity contribution in [2.24, 2.45) is 0 Å². The molecule has 1 heterocycles. The Hall–Kier alpha value is -2.53. The number of allylic oxidation sites excluding steroid dienone is 7. The summed E-state index contributed by atoms with van der Waals surface area (Å²) < 4.78 is 6.30. The van der Waals surface area contributed by atoms with Crippen LogP contribution in [0.25, 0.3) is 17.7 Å². The van der Waals surface area contributed by atoms with E-state index >= 15 is 0 Å². The molecule has 0 amide bonds. The maximum atomic E-state index is 9.14. The minimum atomic E-state index is 0.882. The highest BCUT2D eigenvalue weighted by atomic mass is 16.3. The molecule has 0 atom stereocenters. The van der Waals surface area contributed by atoms with Crippen molar-refractivity contribution in [2.45, 2.75) is 51.4 Å². The molecular weight excluding hydrogens is 306 g/mol. The molecule has 0 saturated heterocycles. The zero-order valence-electron chi connectivity index (χ0n) is 14.4. The summed E-state index contributed by atoms with van der Waals surface area (Å²) in [4.78, 5) is 0. The van der Waals surface area contributed by atoms with E-state index < -0.39 is 0 Å². The third kappa shape index (κ3) is 2.38. The van der Waals surface area contributed by atoms with Crippen molar-refractivity contribution in [3.8, 4) is 6.07 Å². The van der Waals surface area contributed by atoms with Gasteiger partial charge in [-0.1, -0.05) is 18.2 Å². The molecule has 4 aliphatic carbocycles. The van der Waals surface area contributed by atoms with Gasteiger partial charge in [-0.3, -0.25) is 0 Å². The highest BCUT2D eigenvalue weighted by molar-refractivity contribution is 5.70. The van der Waals surface area contributed by atoms with Gasteiger partial charge in [-0.25, -0.2) is 0 Å². The Bertz CT molecular complexity index is 1050. The molecule has 0 bridgehead atoms. The first-order valence-corrected chi connectivity index (χ1v) is 9.39. The Balaban J connectivity index is 1.65. The molecule has 0 saturated carbocycles. The van der Waals surface area contributed by atoms with Gasteiger partial charge < -0.3 is 4.42 Å². The van der Waals surface area contributed by atoms with Crippen LogP contribution in [-0.4, -0.2) is 0 Å². The smallest absolute Gasteiger partial charge is 0.138 e. The number of furan rings is 1. The van der Waals surface area contributed by atoms with E-state index in [1.165, 1.54) is 33.1 Å². The molecule has 0 fully saturated rings. The van der Waals surface area contributed by atoms with Crippen molar-refractivity contribution in [3.63, 3.8) is 0 Å². The molecule has 0 aliphatic heterocycles. The zero-order valence-corrected chi connectivity index (χ0v) is 14.4. The summed E-state index contributed by atoms with van der Waals surface area (Å²) in [5, 5.41) is 10.5. The molecule has 124 valence electrons. The quantitative estimate of drug-likeness (QED) is 0.774. The number of nitrogens with zero attached hydrogens (tertiary/aromatic N) is 1. The third-order valence-electron chi connectivity index (χ3n) is 5.89. The van der Waals surface area contributed by atoms with Gasteiger partial charge in [0.15, 0.2) is 0 Å². The van der Waals surface area contributed by atoms with E-state index in [-0.39, 0.29) is 0 Å². The predicted octanol–water partition coefficient (Wildman–Crippen LogP) is 4.22. The van der Waals surface area contributed by atoms with Crippen LogP contribution < -0.4 is 10.6 Å². The normalized spacial score (nSPS) is 21.5. The van der Waals surface area contributed by atoms with Crippen LogP contribution in [-0.2, 0) is 6.42 Å². The summed E-state index contributed by atoms with van der Waals surface area (Å²) in [5.74, 6) is 1.07. The van der Waals surface area contributed by atoms with Gasteiger partial charge in [0, 0.05) is 16.4 Å². The van der Waals surface area contributed by atoms with Crippen molar-refractivity contribution in [3.05, 3.63) is 62.5 Å². The Labute approximate surface area is 147 Å². The Kier molecular flexibility index (Phi) is 3.41. The Morgan fingerprint density at radius 2 is 1.80 bits per heavy atom. The molecule has 1 aromatic rings. The van der Waals surface area contributed by atoms with E-state index in [9.17, 15) is 0 Å². The van der Waals surface area contributed by atoms with Crippen molar-refractivity contribution in [1.29, 1.82) is 5.26 Å². The average Bonchev–Trinajstić information content (AvgIpc) is 3.06. The number of fused-ring (bicyclic) bond motifs is 3. The van der Waals surface area contributed by atoms with Crippen LogP contribution in [0.1, 0.15) is 56.3 Å². The first-order chi connectivity index (χ1) is 12.3. The van der Waals surface area contributed by atoms with E-state index in [0.717, 1.165) is 68.1 Å². The molecule has 0 unspecified atom stereocenters. The van der Waals surface area contributed by atoms with E-state index in [4.69, 9.17) is 9.68 Å². The van der Waals surface area contributed by atoms with Crippen LogP contribution >= 0.6 is 0 Å². The SMILES string of the molecule is N#CC1=CC2=C(C=C(C3=c4oc5c(c4=CCC3)CCC=C5)CC2)CC1. The molecule has 4 aliphatic rings. The standard InChI is InChI=1S/C23H21NO/c24-14-15-8-9-17-13-18(11-10-16(17)12-15)19-5-3-6-21-20-4-1-2-7-22(20)25-23(19)21/h2,6-7,12-13H,1,3-5,8-11H2. The molecular formula is C23H21NO. The Morgan fingerprint density at radius 3 is 2.72 bits per heavy atom. The van der Waals surface area contributed by atoms with Gasteiger partial charge in [-0.2, -0.15) is 5.26 Å². The molecule has 1 aromatic heterocycles. The largest absolute Gasteiger partial charge is 0.456 e. The summed E-state index contributed by atoms with van der Waals surface area (Å²) >= 11 is 0. The van der Waals surface area contributed by atoms with Gasteiger partial charge >= 0.3 is 0 Å². The summed E-state index contributed by atoms with van der Waals surface area (Å²) in [6.45, 7) is 0. The summed E-state index contributed by atoms with van der Waals surface area (Å²) in [6.07, 6.45) is 19.7. The van der Waals surface area contributed by atoms with Gasteiger partial charge in [0.25, 0.3) is 0 Å². The van der Waals surface area contributed by atoms with Crippen molar-refractivity contribution < 1.29 is 4.42 Å². The molecule has 25 heavy (non-hydrogen) atoms. The van der Waals surface area contributed by atoms with E-state index in [1.807, 2.05) is 0 Å². The van der Waals surface area contributed by atoms with Crippen molar-refractivity contribution >= 4 is 17.7 Å². The topological polar surface area (TPSA) is 36.9 Å². The molecule has 0 spiro atoms. The maximum Gasteiger partial charge on any atom is 0.138 e. The maximum absolute atomic E-state index is 9.14. The monoisotopic (exact) mass is 327 g/mol. The Morgan fingerprint density at radius 1 is 0.920 bits per heavy atom. The van der Waals surface area contributed by atoms with Gasteiger partial charge in [0.2, 0.25) is 0 Å². The van der Waals surface area contributed by atoms with Gasteiger partial charge in [0.1, 0.15) is 11.2 Å². The fraction of sp³-hybridized carbons (Fsp3) is 0.348. The minimum Gasteiger partial charge on any atom is -0.456 e. The fourth-order valence-corrected chi connectivity index (χ4v) is 4.61. The lowest BCUT2D eigenvalue weighted by Crippen LogP contribution is -2.29. The first kappa shape index (κ1) is 14.8. The van der Waals surface area contributed by atoms with Crippen LogP contribution in [0.2, 0.25) is 0 Å². The van der Waals surface area contributed by atoms with Gasteiger partial charge in [0.05, 0.1) is 6.07 Å². The fourth-order valence-electron chi connectivity index (χ4n) is 4.61. The number of nitriles is 1. The predicted molar refractivity (Wildman–Crippen MR) is 99.7 cm³/mol. The van der Waals surface area contributed by atoms with Gasteiger partial charge in [-0.05, 0) is 85.8 Å². The summed E-state index contributed by atoms with van der Waals surface area (Å²) in [6, 6.07) is 2.33. The minimum absolute atomic E-state index is 0.882. The van der Waals surface area contributed by atoms with Crippen molar-refractivity contribution in [2.75, 3.05) is 0 Å². The second-order valence-corrected chi connectivity index (χ2v) is 7.35. The second-order valence-electron chi connectivity index (χ2n) is 7.35. The molecule has 5 rings (SSSR count). The van der Waals surface area contributed by atoms with Crippen LogP contribution in [0, 0.1) is 11.3 Å². The van der Waals surface area contributed by atoms with E-state index in [2.05, 4.69) is 36.4 Å². The van der Waals surface area contributed by atoms with E-state index in [0.29, 0.717) is 0 Å². The van der Waals surface area contributed by atoms with Crippen molar-refractivity contribution in [1.82, 2.24) is 0 Å². The highest BCUT2D eigenvalue weighted by Crippen LogP contribution is 2.37. The van der Waals surface area contributed by atoms with Crippen LogP contribution in [0.5, 0.6) is 0 Å². The van der Waals surface area contributed by atoms with Crippen LogP contribution in [0.15, 0.2) is 44.9 Å². The summed E-state index contributed by atoms with van der Waals surface area (Å²) in [5.41, 5.74) is 9.14. The number of rotatable bonds is 1.